The van der Waals surface area contributed by atoms with Crippen LogP contribution in [0.2, 0.25) is 0 Å². The maximum absolute atomic E-state index is 2.92. The van der Waals surface area contributed by atoms with Crippen LogP contribution in [0.5, 0.6) is 0 Å². The maximum atomic E-state index is 2.92. The molecule has 0 radical (unpaired) electrons. The van der Waals surface area contributed by atoms with Gasteiger partial charge < -0.3 is 4.90 Å². The number of hydrogen-bond donors (Lipinski definition) is 0. The van der Waals surface area contributed by atoms with E-state index >= 15 is 0 Å². The molecule has 14 rings (SSSR count). The summed E-state index contributed by atoms with van der Waals surface area (Å²) in [7, 11) is 0. The van der Waals surface area contributed by atoms with Gasteiger partial charge in [0.05, 0.1) is 5.54 Å². The van der Waals surface area contributed by atoms with Crippen LogP contribution in [0.4, 0.5) is 11.4 Å². The average Bonchev–Trinajstić information content (AvgIpc) is 1.49. The van der Waals surface area contributed by atoms with E-state index < -0.39 is 0 Å². The number of thiophene rings is 1. The molecule has 0 amide bonds. The Morgan fingerprint density at radius 2 is 1.19 bits per heavy atom. The van der Waals surface area contributed by atoms with E-state index in [1.165, 1.54) is 157 Å². The van der Waals surface area contributed by atoms with Crippen LogP contribution < -0.4 is 21.3 Å². The predicted molar refractivity (Wildman–Crippen MR) is 365 cm³/mol. The van der Waals surface area contributed by atoms with Gasteiger partial charge in [0.2, 0.25) is 6.71 Å². The first-order valence-electron chi connectivity index (χ1n) is 32.2. The molecule has 0 spiro atoms. The molecule has 84 heavy (non-hydrogen) atoms. The van der Waals surface area contributed by atoms with Crippen molar-refractivity contribution in [1.82, 2.24) is 0 Å². The minimum Gasteiger partial charge on any atom is -0.334 e. The molecular formula is C81H90BNS. The number of nitrogens with zero attached hydrogens (tertiary/aromatic N) is 1. The molecule has 8 aromatic carbocycles. The summed E-state index contributed by atoms with van der Waals surface area (Å²) in [5.41, 5.74) is 31.5. The van der Waals surface area contributed by atoms with Gasteiger partial charge in [0.25, 0.3) is 0 Å². The van der Waals surface area contributed by atoms with E-state index in [2.05, 4.69) is 263 Å². The first-order chi connectivity index (χ1) is 39.6. The summed E-state index contributed by atoms with van der Waals surface area (Å²) in [4.78, 5) is 2.92. The Morgan fingerprint density at radius 3 is 1.90 bits per heavy atom. The molecule has 3 heteroatoms. The van der Waals surface area contributed by atoms with E-state index in [0.29, 0.717) is 0 Å². The Kier molecular flexibility index (Phi) is 12.2. The molecular weight excluding hydrogens is 1030 g/mol. The molecule has 2 aliphatic heterocycles. The zero-order valence-corrected chi connectivity index (χ0v) is 54.8. The van der Waals surface area contributed by atoms with Gasteiger partial charge in [-0.25, -0.2) is 0 Å². The highest BCUT2D eigenvalue weighted by Crippen LogP contribution is 2.63. The number of anilines is 2. The van der Waals surface area contributed by atoms with Crippen LogP contribution in [0.1, 0.15) is 242 Å². The SMILES string of the molecule is Cc1cc(C)c2c(c1)C(C)c1cc(N3c4cc(C5(C)CCC(C)(C)c6cc(C)c(C)cc65)c(C(C)(C)C)cc4C4(C)CCCCC34C)ccc1B2c1cc2c(cc1C(C)c1ccc3c(c1)sc1ccccc13)C(C)(C)c1ccccc1C2(C)C. The minimum atomic E-state index is -0.199. The molecule has 5 aliphatic rings. The summed E-state index contributed by atoms with van der Waals surface area (Å²) in [6.45, 7) is 44.8. The molecule has 9 aromatic rings. The van der Waals surface area contributed by atoms with Gasteiger partial charge in [-0.1, -0.05) is 233 Å². The number of hydrogen-bond acceptors (Lipinski definition) is 2. The van der Waals surface area contributed by atoms with Gasteiger partial charge >= 0.3 is 0 Å². The van der Waals surface area contributed by atoms with Gasteiger partial charge in [0.1, 0.15) is 0 Å². The van der Waals surface area contributed by atoms with Crippen LogP contribution in [0.3, 0.4) is 0 Å². The van der Waals surface area contributed by atoms with Crippen LogP contribution in [0.25, 0.3) is 20.2 Å². The van der Waals surface area contributed by atoms with Crippen molar-refractivity contribution in [1.29, 1.82) is 0 Å². The first kappa shape index (κ1) is 55.7. The standard InChI is InChI=1S/C81H90BNS/c1-47-37-50(4)74-59(38-47)52(6)57-42-54(83-71-46-67(79(16)36-35-76(10,11)63-39-48(2)49(3)40-66(63)79)62(75(7,8)9)44-68(71)80(17)33-23-24-34-81(80,83)18)30-32-69(57)82(74)70-45-65-64(77(12,13)60-26-20-21-27-61(60)78(65,14)15)43-58(70)51(5)53-29-31-56-55-25-19-22-28-72(55)84-73(56)41-53/h19-22,25-32,37-46,51-52H,23-24,33-36H2,1-18H3. The molecule has 0 N–H and O–H groups in total. The first-order valence-corrected chi connectivity index (χ1v) is 33.0. The van der Waals surface area contributed by atoms with Gasteiger partial charge in [-0.2, -0.15) is 0 Å². The molecule has 1 aromatic heterocycles. The minimum absolute atomic E-state index is 0.0166. The van der Waals surface area contributed by atoms with Crippen molar-refractivity contribution in [2.75, 3.05) is 4.90 Å². The molecule has 1 fully saturated rings. The van der Waals surface area contributed by atoms with Crippen molar-refractivity contribution in [3.63, 3.8) is 0 Å². The van der Waals surface area contributed by atoms with Crippen molar-refractivity contribution in [2.45, 2.75) is 213 Å². The van der Waals surface area contributed by atoms with Gasteiger partial charge in [0.15, 0.2) is 0 Å². The third kappa shape index (κ3) is 7.70. The van der Waals surface area contributed by atoms with Crippen LogP contribution in [-0.4, -0.2) is 12.3 Å². The van der Waals surface area contributed by atoms with E-state index in [9.17, 15) is 0 Å². The zero-order valence-electron chi connectivity index (χ0n) is 54.0. The van der Waals surface area contributed by atoms with Gasteiger partial charge in [-0.15, -0.1) is 11.3 Å². The fraction of sp³-hybridized carbons (Fsp3) is 0.407. The lowest BCUT2D eigenvalue weighted by Gasteiger charge is -2.50. The monoisotopic (exact) mass is 1120 g/mol. The number of rotatable bonds is 5. The Balaban J connectivity index is 1.01. The summed E-state index contributed by atoms with van der Waals surface area (Å²) in [6, 6.07) is 54.8. The molecule has 1 nitrogen and oxygen atoms in total. The highest BCUT2D eigenvalue weighted by Gasteiger charge is 2.59. The fourth-order valence-corrected chi connectivity index (χ4v) is 19.5. The average molecular weight is 1120 g/mol. The van der Waals surface area contributed by atoms with Crippen LogP contribution >= 0.6 is 11.3 Å². The largest absolute Gasteiger partial charge is 0.334 e. The molecule has 1 saturated carbocycles. The summed E-state index contributed by atoms with van der Waals surface area (Å²) < 4.78 is 2.73. The van der Waals surface area contributed by atoms with Crippen molar-refractivity contribution in [3.8, 4) is 0 Å². The highest BCUT2D eigenvalue weighted by molar-refractivity contribution is 7.25. The lowest BCUT2D eigenvalue weighted by molar-refractivity contribution is 0.194. The molecule has 5 atom stereocenters. The van der Waals surface area contributed by atoms with E-state index in [4.69, 9.17) is 0 Å². The smallest absolute Gasteiger partial charge is 0.242 e. The summed E-state index contributed by atoms with van der Waals surface area (Å²) in [5.74, 6) is 0.349. The van der Waals surface area contributed by atoms with Crippen molar-refractivity contribution in [3.05, 3.63) is 228 Å². The predicted octanol–water partition coefficient (Wildman–Crippen LogP) is 19.8. The molecule has 0 bridgehead atoms. The van der Waals surface area contributed by atoms with Gasteiger partial charge in [-0.3, -0.25) is 0 Å². The summed E-state index contributed by atoms with van der Waals surface area (Å²) in [5, 5.41) is 2.72. The van der Waals surface area contributed by atoms with Gasteiger partial charge in [0, 0.05) is 65.0 Å². The quantitative estimate of drug-likeness (QED) is 0.155. The maximum Gasteiger partial charge on any atom is 0.242 e. The number of fused-ring (bicyclic) bond motifs is 11. The van der Waals surface area contributed by atoms with Crippen molar-refractivity contribution in [2.24, 2.45) is 0 Å². The number of aryl methyl sites for hydroxylation is 4. The van der Waals surface area contributed by atoms with E-state index in [1.54, 1.807) is 11.1 Å². The lowest BCUT2D eigenvalue weighted by Crippen LogP contribution is -2.60. The van der Waals surface area contributed by atoms with Gasteiger partial charge in [-0.05, 0) is 185 Å². The molecule has 5 unspecified atom stereocenters. The lowest BCUT2D eigenvalue weighted by atomic mass is 9.31. The third-order valence-electron chi connectivity index (χ3n) is 23.8. The number of benzene rings is 8. The van der Waals surface area contributed by atoms with E-state index in [0.717, 1.165) is 12.8 Å². The van der Waals surface area contributed by atoms with Crippen LogP contribution in [0, 0.1) is 27.7 Å². The summed E-state index contributed by atoms with van der Waals surface area (Å²) >= 11 is 1.94. The topological polar surface area (TPSA) is 3.24 Å². The van der Waals surface area contributed by atoms with Crippen molar-refractivity contribution < 1.29 is 0 Å². The van der Waals surface area contributed by atoms with Crippen LogP contribution in [0.15, 0.2) is 133 Å². The second-order valence-corrected chi connectivity index (χ2v) is 32.0. The Hall–Kier alpha value is -6.16. The molecule has 3 aliphatic carbocycles. The Bertz CT molecular complexity index is 4270. The summed E-state index contributed by atoms with van der Waals surface area (Å²) in [6.07, 6.45) is 7.17. The highest BCUT2D eigenvalue weighted by atomic mass is 32.1. The van der Waals surface area contributed by atoms with Crippen molar-refractivity contribution >= 4 is 66.0 Å². The van der Waals surface area contributed by atoms with Crippen LogP contribution in [-0.2, 0) is 32.5 Å². The molecule has 428 valence electrons. The third-order valence-corrected chi connectivity index (χ3v) is 24.9. The second-order valence-electron chi connectivity index (χ2n) is 31.0. The van der Waals surface area contributed by atoms with E-state index in [-0.39, 0.29) is 56.6 Å². The second kappa shape index (κ2) is 18.4. The van der Waals surface area contributed by atoms with E-state index in [1.807, 2.05) is 11.3 Å². The molecule has 0 saturated heterocycles. The normalized spacial score (nSPS) is 23.8. The fourth-order valence-electron chi connectivity index (χ4n) is 18.3. The Morgan fingerprint density at radius 1 is 0.536 bits per heavy atom. The molecule has 3 heterocycles. The Labute approximate surface area is 508 Å². The zero-order chi connectivity index (χ0) is 59.3.